The molecule has 0 aliphatic rings. The molecular weight excluding hydrogens is 296 g/mol. The average molecular weight is 314 g/mol. The van der Waals surface area contributed by atoms with Crippen LogP contribution < -0.4 is 5.32 Å². The zero-order valence-corrected chi connectivity index (χ0v) is 13.3. The minimum absolute atomic E-state index is 0.0727. The van der Waals surface area contributed by atoms with Crippen LogP contribution in [0.5, 0.6) is 0 Å². The molecule has 0 fully saturated rings. The fourth-order valence-corrected chi connectivity index (χ4v) is 2.29. The SMILES string of the molecule is CCC(CC)NC(=O)c1nnc(-c2cc3nc(C)ccc3o2)o1. The van der Waals surface area contributed by atoms with Crippen molar-refractivity contribution in [1.29, 1.82) is 0 Å². The van der Waals surface area contributed by atoms with Crippen LogP contribution in [0, 0.1) is 6.92 Å². The lowest BCUT2D eigenvalue weighted by Crippen LogP contribution is -2.33. The summed E-state index contributed by atoms with van der Waals surface area (Å²) in [6.45, 7) is 5.92. The van der Waals surface area contributed by atoms with Crippen molar-refractivity contribution in [1.82, 2.24) is 20.5 Å². The van der Waals surface area contributed by atoms with Gasteiger partial charge in [-0.1, -0.05) is 13.8 Å². The molecular formula is C16H18N4O3. The van der Waals surface area contributed by atoms with Gasteiger partial charge in [-0.3, -0.25) is 4.79 Å². The third-order valence-electron chi connectivity index (χ3n) is 3.66. The van der Waals surface area contributed by atoms with Crippen molar-refractivity contribution >= 4 is 17.0 Å². The number of rotatable bonds is 5. The average Bonchev–Trinajstić information content (AvgIpc) is 3.18. The molecule has 1 amide bonds. The predicted octanol–water partition coefficient (Wildman–Crippen LogP) is 3.10. The zero-order chi connectivity index (χ0) is 16.4. The van der Waals surface area contributed by atoms with E-state index in [1.807, 2.05) is 32.9 Å². The van der Waals surface area contributed by atoms with Gasteiger partial charge in [0.15, 0.2) is 11.3 Å². The molecule has 0 spiro atoms. The number of carbonyl (C=O) groups is 1. The van der Waals surface area contributed by atoms with Crippen LogP contribution in [0.1, 0.15) is 43.1 Å². The Morgan fingerprint density at radius 3 is 2.74 bits per heavy atom. The van der Waals surface area contributed by atoms with Crippen LogP contribution in [0.25, 0.3) is 22.8 Å². The fraction of sp³-hybridized carbons (Fsp3) is 0.375. The maximum Gasteiger partial charge on any atom is 0.309 e. The lowest BCUT2D eigenvalue weighted by Gasteiger charge is -2.12. The topological polar surface area (TPSA) is 94.1 Å². The van der Waals surface area contributed by atoms with E-state index in [4.69, 9.17) is 8.83 Å². The minimum Gasteiger partial charge on any atom is -0.449 e. The molecule has 120 valence electrons. The number of nitrogens with zero attached hydrogens (tertiary/aromatic N) is 3. The van der Waals surface area contributed by atoms with Crippen LogP contribution in [-0.4, -0.2) is 27.1 Å². The Morgan fingerprint density at radius 1 is 1.22 bits per heavy atom. The van der Waals surface area contributed by atoms with Gasteiger partial charge in [0, 0.05) is 17.8 Å². The number of hydrogen-bond donors (Lipinski definition) is 1. The maximum atomic E-state index is 12.1. The van der Waals surface area contributed by atoms with Crippen molar-refractivity contribution in [3.63, 3.8) is 0 Å². The third-order valence-corrected chi connectivity index (χ3v) is 3.66. The Bertz CT molecular complexity index is 833. The number of fused-ring (bicyclic) bond motifs is 1. The van der Waals surface area contributed by atoms with Crippen molar-refractivity contribution < 1.29 is 13.6 Å². The quantitative estimate of drug-likeness (QED) is 0.777. The summed E-state index contributed by atoms with van der Waals surface area (Å²) < 4.78 is 11.1. The first-order valence-corrected chi connectivity index (χ1v) is 7.62. The molecule has 0 aliphatic carbocycles. The lowest BCUT2D eigenvalue weighted by atomic mass is 10.2. The van der Waals surface area contributed by atoms with Crippen molar-refractivity contribution in [2.45, 2.75) is 39.7 Å². The Kier molecular flexibility index (Phi) is 4.10. The summed E-state index contributed by atoms with van der Waals surface area (Å²) in [6.07, 6.45) is 1.69. The monoisotopic (exact) mass is 314 g/mol. The van der Waals surface area contributed by atoms with Crippen molar-refractivity contribution in [3.8, 4) is 11.7 Å². The van der Waals surface area contributed by atoms with Crippen LogP contribution in [0.4, 0.5) is 0 Å². The number of carbonyl (C=O) groups excluding carboxylic acids is 1. The van der Waals surface area contributed by atoms with Crippen molar-refractivity contribution in [2.75, 3.05) is 0 Å². The second kappa shape index (κ2) is 6.20. The fourth-order valence-electron chi connectivity index (χ4n) is 2.29. The van der Waals surface area contributed by atoms with Crippen LogP contribution >= 0.6 is 0 Å². The summed E-state index contributed by atoms with van der Waals surface area (Å²) in [5, 5.41) is 10.5. The number of furan rings is 1. The summed E-state index contributed by atoms with van der Waals surface area (Å²) in [7, 11) is 0. The van der Waals surface area contributed by atoms with Gasteiger partial charge in [0.25, 0.3) is 5.89 Å². The number of pyridine rings is 1. The molecule has 0 bridgehead atoms. The van der Waals surface area contributed by atoms with E-state index in [9.17, 15) is 4.79 Å². The number of hydrogen-bond acceptors (Lipinski definition) is 6. The van der Waals surface area contributed by atoms with E-state index in [2.05, 4.69) is 20.5 Å². The zero-order valence-electron chi connectivity index (χ0n) is 13.3. The molecule has 7 heteroatoms. The van der Waals surface area contributed by atoms with E-state index in [1.54, 1.807) is 6.07 Å². The van der Waals surface area contributed by atoms with Gasteiger partial charge >= 0.3 is 11.8 Å². The van der Waals surface area contributed by atoms with Gasteiger partial charge in [-0.2, -0.15) is 0 Å². The number of amides is 1. The molecule has 0 unspecified atom stereocenters. The van der Waals surface area contributed by atoms with E-state index in [0.29, 0.717) is 16.9 Å². The predicted molar refractivity (Wildman–Crippen MR) is 83.9 cm³/mol. The van der Waals surface area contributed by atoms with E-state index in [-0.39, 0.29) is 23.7 Å². The maximum absolute atomic E-state index is 12.1. The first-order chi connectivity index (χ1) is 11.1. The highest BCUT2D eigenvalue weighted by Gasteiger charge is 2.20. The number of aryl methyl sites for hydroxylation is 1. The Balaban J connectivity index is 1.84. The second-order valence-electron chi connectivity index (χ2n) is 5.35. The third kappa shape index (κ3) is 3.08. The van der Waals surface area contributed by atoms with Crippen LogP contribution in [0.3, 0.4) is 0 Å². The molecule has 23 heavy (non-hydrogen) atoms. The molecule has 0 aliphatic heterocycles. The van der Waals surface area contributed by atoms with Crippen LogP contribution in [0.2, 0.25) is 0 Å². The first kappa shape index (κ1) is 15.2. The standard InChI is InChI=1S/C16H18N4O3/c1-4-10(5-2)18-14(21)16-20-19-15(23-16)13-8-11-12(22-13)7-6-9(3)17-11/h6-8,10H,4-5H2,1-3H3,(H,18,21). The van der Waals surface area contributed by atoms with Gasteiger partial charge in [0.2, 0.25) is 0 Å². The second-order valence-corrected chi connectivity index (χ2v) is 5.35. The molecule has 0 radical (unpaired) electrons. The molecule has 3 rings (SSSR count). The molecule has 0 saturated carbocycles. The first-order valence-electron chi connectivity index (χ1n) is 7.62. The molecule has 3 aromatic heterocycles. The smallest absolute Gasteiger partial charge is 0.309 e. The summed E-state index contributed by atoms with van der Waals surface area (Å²) in [4.78, 5) is 16.4. The van der Waals surface area contributed by atoms with E-state index in [0.717, 1.165) is 18.5 Å². The van der Waals surface area contributed by atoms with Gasteiger partial charge in [-0.05, 0) is 31.9 Å². The van der Waals surface area contributed by atoms with Gasteiger partial charge < -0.3 is 14.2 Å². The largest absolute Gasteiger partial charge is 0.449 e. The highest BCUT2D eigenvalue weighted by molar-refractivity contribution is 5.90. The summed E-state index contributed by atoms with van der Waals surface area (Å²) >= 11 is 0. The highest BCUT2D eigenvalue weighted by atomic mass is 16.4. The highest BCUT2D eigenvalue weighted by Crippen LogP contribution is 2.26. The van der Waals surface area contributed by atoms with E-state index >= 15 is 0 Å². The van der Waals surface area contributed by atoms with Crippen LogP contribution in [-0.2, 0) is 0 Å². The lowest BCUT2D eigenvalue weighted by molar-refractivity contribution is 0.0900. The van der Waals surface area contributed by atoms with E-state index < -0.39 is 0 Å². The normalized spacial score (nSPS) is 11.3. The molecule has 3 heterocycles. The Morgan fingerprint density at radius 2 is 2.00 bits per heavy atom. The summed E-state index contributed by atoms with van der Waals surface area (Å²) in [5.74, 6) is 0.113. The van der Waals surface area contributed by atoms with E-state index in [1.165, 1.54) is 0 Å². The van der Waals surface area contributed by atoms with Crippen molar-refractivity contribution in [2.24, 2.45) is 0 Å². The summed E-state index contributed by atoms with van der Waals surface area (Å²) in [6, 6.07) is 5.51. The number of nitrogens with one attached hydrogen (secondary N) is 1. The van der Waals surface area contributed by atoms with Gasteiger partial charge in [-0.15, -0.1) is 10.2 Å². The molecule has 7 nitrogen and oxygen atoms in total. The number of aromatic nitrogens is 3. The molecule has 0 atom stereocenters. The molecule has 1 N–H and O–H groups in total. The Hall–Kier alpha value is -2.70. The van der Waals surface area contributed by atoms with Crippen molar-refractivity contribution in [3.05, 3.63) is 29.8 Å². The molecule has 3 aromatic rings. The molecule has 0 saturated heterocycles. The van der Waals surface area contributed by atoms with Gasteiger partial charge in [-0.25, -0.2) is 4.98 Å². The van der Waals surface area contributed by atoms with Gasteiger partial charge in [0.05, 0.1) is 0 Å². The van der Waals surface area contributed by atoms with Gasteiger partial charge in [0.1, 0.15) is 5.52 Å². The van der Waals surface area contributed by atoms with Crippen LogP contribution in [0.15, 0.2) is 27.0 Å². The Labute approximate surface area is 133 Å². The summed E-state index contributed by atoms with van der Waals surface area (Å²) in [5.41, 5.74) is 2.23. The minimum atomic E-state index is -0.373. The molecule has 0 aromatic carbocycles.